The molecule has 24 heavy (non-hydrogen) atoms. The van der Waals surface area contributed by atoms with Crippen LogP contribution in [0.25, 0.3) is 27.4 Å². The van der Waals surface area contributed by atoms with Gasteiger partial charge in [-0.05, 0) is 31.6 Å². The van der Waals surface area contributed by atoms with Crippen molar-refractivity contribution in [1.82, 2.24) is 9.13 Å². The summed E-state index contributed by atoms with van der Waals surface area (Å²) in [5.41, 5.74) is 8.65. The van der Waals surface area contributed by atoms with Crippen LogP contribution in [0.5, 0.6) is 0 Å². The number of nitrogens with zero attached hydrogens (tertiary/aromatic N) is 2. The van der Waals surface area contributed by atoms with E-state index in [-0.39, 0.29) is 0 Å². The van der Waals surface area contributed by atoms with Gasteiger partial charge in [0.25, 0.3) is 0 Å². The fourth-order valence-electron chi connectivity index (χ4n) is 3.93. The van der Waals surface area contributed by atoms with E-state index in [4.69, 9.17) is 0 Å². The molecule has 0 fully saturated rings. The smallest absolute Gasteiger partial charge is 0.0486 e. The van der Waals surface area contributed by atoms with Crippen LogP contribution in [0.15, 0.2) is 55.1 Å². The predicted molar refractivity (Wildman–Crippen MR) is 103 cm³/mol. The molecule has 0 saturated heterocycles. The molecule has 0 amide bonds. The third-order valence-electron chi connectivity index (χ3n) is 5.40. The third-order valence-corrected chi connectivity index (χ3v) is 5.40. The second kappa shape index (κ2) is 5.13. The van der Waals surface area contributed by atoms with Gasteiger partial charge in [0.2, 0.25) is 0 Å². The Morgan fingerprint density at radius 3 is 1.50 bits per heavy atom. The van der Waals surface area contributed by atoms with Crippen molar-refractivity contribution in [3.8, 4) is 0 Å². The van der Waals surface area contributed by atoms with Gasteiger partial charge in [-0.2, -0.15) is 0 Å². The van der Waals surface area contributed by atoms with E-state index in [9.17, 15) is 0 Å². The minimum atomic E-state index is 1.11. The highest BCUT2D eigenvalue weighted by Gasteiger charge is 2.20. The largest absolute Gasteiger partial charge is 0.347 e. The fraction of sp³-hybridized carbons (Fsp3) is 0.182. The average molecular weight is 314 g/mol. The first kappa shape index (κ1) is 14.8. The number of para-hydroxylation sites is 2. The Morgan fingerprint density at radius 2 is 1.08 bits per heavy atom. The number of benzene rings is 2. The predicted octanol–water partition coefficient (Wildman–Crippen LogP) is 5.35. The maximum atomic E-state index is 4.52. The lowest BCUT2D eigenvalue weighted by molar-refractivity contribution is 0.911. The lowest BCUT2D eigenvalue weighted by atomic mass is 9.95. The molecule has 0 aliphatic heterocycles. The zero-order chi connectivity index (χ0) is 17.0. The molecule has 4 rings (SSSR count). The number of fused-ring (bicyclic) bond motifs is 2. The first-order valence-electron chi connectivity index (χ1n) is 8.30. The summed E-state index contributed by atoms with van der Waals surface area (Å²) in [6, 6.07) is 17.1. The highest BCUT2D eigenvalue weighted by Crippen LogP contribution is 2.38. The second-order valence-corrected chi connectivity index (χ2v) is 6.55. The van der Waals surface area contributed by atoms with Crippen LogP contribution in [-0.2, 0) is 14.1 Å². The van der Waals surface area contributed by atoms with Crippen molar-refractivity contribution in [2.75, 3.05) is 0 Å². The van der Waals surface area contributed by atoms with Gasteiger partial charge < -0.3 is 9.13 Å². The van der Waals surface area contributed by atoms with E-state index < -0.39 is 0 Å². The summed E-state index contributed by atoms with van der Waals surface area (Å²) in [5, 5.41) is 2.55. The molecule has 0 bridgehead atoms. The van der Waals surface area contributed by atoms with E-state index in [1.807, 2.05) is 0 Å². The zero-order valence-electron chi connectivity index (χ0n) is 14.7. The monoisotopic (exact) mass is 314 g/mol. The van der Waals surface area contributed by atoms with E-state index in [0.717, 1.165) is 5.57 Å². The molecule has 2 heterocycles. The summed E-state index contributed by atoms with van der Waals surface area (Å²) in [6.45, 7) is 8.88. The van der Waals surface area contributed by atoms with Gasteiger partial charge in [0.15, 0.2) is 0 Å². The Labute approximate surface area is 142 Å². The van der Waals surface area contributed by atoms with Crippen LogP contribution in [0.3, 0.4) is 0 Å². The molecule has 0 aliphatic carbocycles. The van der Waals surface area contributed by atoms with Crippen LogP contribution in [0.1, 0.15) is 22.5 Å². The van der Waals surface area contributed by atoms with Gasteiger partial charge in [0, 0.05) is 58.4 Å². The van der Waals surface area contributed by atoms with Gasteiger partial charge in [-0.25, -0.2) is 0 Å². The molecule has 2 nitrogen and oxygen atoms in total. The third kappa shape index (κ3) is 1.83. The molecule has 0 saturated carbocycles. The highest BCUT2D eigenvalue weighted by atomic mass is 15.0. The molecule has 2 heteroatoms. The molecular formula is C22H22N2. The molecular weight excluding hydrogens is 292 g/mol. The fourth-order valence-corrected chi connectivity index (χ4v) is 3.93. The van der Waals surface area contributed by atoms with E-state index in [1.54, 1.807) is 0 Å². The van der Waals surface area contributed by atoms with Crippen LogP contribution in [0.2, 0.25) is 0 Å². The summed E-state index contributed by atoms with van der Waals surface area (Å²) in [5.74, 6) is 0. The van der Waals surface area contributed by atoms with Gasteiger partial charge >= 0.3 is 0 Å². The number of hydrogen-bond donors (Lipinski definition) is 0. The van der Waals surface area contributed by atoms with E-state index in [1.165, 1.54) is 44.3 Å². The maximum Gasteiger partial charge on any atom is 0.0486 e. The summed E-state index contributed by atoms with van der Waals surface area (Å²) in [6.07, 6.45) is 0. The first-order valence-corrected chi connectivity index (χ1v) is 8.30. The standard InChI is InChI=1S/C22H22N2/c1-14(21-15(2)23(4)19-12-8-6-10-17(19)21)22-16(3)24(5)20-13-9-7-11-18(20)22/h6-13H,1H2,2-5H3. The van der Waals surface area contributed by atoms with Crippen molar-refractivity contribution in [3.05, 3.63) is 77.6 Å². The number of rotatable bonds is 2. The van der Waals surface area contributed by atoms with E-state index >= 15 is 0 Å². The van der Waals surface area contributed by atoms with Crippen molar-refractivity contribution < 1.29 is 0 Å². The Balaban J connectivity index is 2.06. The SMILES string of the molecule is C=C(c1c(C)n(C)c2ccccc12)c1c(C)n(C)c2ccccc12. The molecule has 0 atom stereocenters. The van der Waals surface area contributed by atoms with E-state index in [2.05, 4.69) is 92.2 Å². The Kier molecular flexibility index (Phi) is 3.17. The molecule has 2 aromatic heterocycles. The van der Waals surface area contributed by atoms with Crippen molar-refractivity contribution in [2.24, 2.45) is 14.1 Å². The molecule has 0 N–H and O–H groups in total. The summed E-state index contributed by atoms with van der Waals surface area (Å²) >= 11 is 0. The molecule has 0 aliphatic rings. The van der Waals surface area contributed by atoms with Crippen molar-refractivity contribution in [2.45, 2.75) is 13.8 Å². The summed E-state index contributed by atoms with van der Waals surface area (Å²) < 4.78 is 4.52. The quantitative estimate of drug-likeness (QED) is 0.472. The van der Waals surface area contributed by atoms with Crippen LogP contribution in [-0.4, -0.2) is 9.13 Å². The number of hydrogen-bond acceptors (Lipinski definition) is 0. The number of aryl methyl sites for hydroxylation is 2. The van der Waals surface area contributed by atoms with Crippen LogP contribution in [0, 0.1) is 13.8 Å². The van der Waals surface area contributed by atoms with Gasteiger partial charge in [-0.15, -0.1) is 0 Å². The van der Waals surface area contributed by atoms with Gasteiger partial charge in [-0.3, -0.25) is 0 Å². The maximum absolute atomic E-state index is 4.52. The zero-order valence-corrected chi connectivity index (χ0v) is 14.7. The Hall–Kier alpha value is -2.74. The molecule has 4 aromatic rings. The van der Waals surface area contributed by atoms with Gasteiger partial charge in [-0.1, -0.05) is 43.0 Å². The molecule has 0 unspecified atom stereocenters. The second-order valence-electron chi connectivity index (χ2n) is 6.55. The van der Waals surface area contributed by atoms with Crippen LogP contribution >= 0.6 is 0 Å². The Bertz CT molecular complexity index is 1020. The normalized spacial score (nSPS) is 11.5. The van der Waals surface area contributed by atoms with Crippen molar-refractivity contribution in [3.63, 3.8) is 0 Å². The molecule has 120 valence electrons. The van der Waals surface area contributed by atoms with E-state index in [0.29, 0.717) is 0 Å². The number of aromatic nitrogens is 2. The molecule has 0 radical (unpaired) electrons. The van der Waals surface area contributed by atoms with Gasteiger partial charge in [0.1, 0.15) is 0 Å². The van der Waals surface area contributed by atoms with Crippen LogP contribution in [0.4, 0.5) is 0 Å². The highest BCUT2D eigenvalue weighted by molar-refractivity contribution is 6.05. The van der Waals surface area contributed by atoms with Gasteiger partial charge in [0.05, 0.1) is 0 Å². The minimum absolute atomic E-state index is 1.11. The van der Waals surface area contributed by atoms with Crippen molar-refractivity contribution >= 4 is 27.4 Å². The summed E-state index contributed by atoms with van der Waals surface area (Å²) in [7, 11) is 4.26. The van der Waals surface area contributed by atoms with Crippen LogP contribution < -0.4 is 0 Å². The lowest BCUT2D eigenvalue weighted by Crippen LogP contribution is -1.95. The molecule has 0 spiro atoms. The Morgan fingerprint density at radius 1 is 0.708 bits per heavy atom. The first-order chi connectivity index (χ1) is 11.5. The molecule has 2 aromatic carbocycles. The average Bonchev–Trinajstić information content (AvgIpc) is 3.00. The lowest BCUT2D eigenvalue weighted by Gasteiger charge is -2.09. The van der Waals surface area contributed by atoms with Crippen molar-refractivity contribution in [1.29, 1.82) is 0 Å². The summed E-state index contributed by atoms with van der Waals surface area (Å²) in [4.78, 5) is 0. The minimum Gasteiger partial charge on any atom is -0.347 e. The topological polar surface area (TPSA) is 9.86 Å².